The number of aromatic nitrogens is 1. The Morgan fingerprint density at radius 3 is 2.96 bits per heavy atom. The van der Waals surface area contributed by atoms with E-state index in [0.717, 1.165) is 33.5 Å². The third kappa shape index (κ3) is 2.99. The number of carbonyl (C=O) groups is 1. The zero-order valence-electron chi connectivity index (χ0n) is 15.0. The molecular weight excluding hydrogens is 354 g/mol. The quantitative estimate of drug-likeness (QED) is 0.760. The fourth-order valence-electron chi connectivity index (χ4n) is 3.42. The van der Waals surface area contributed by atoms with Crippen LogP contribution >= 0.6 is 0 Å². The highest BCUT2D eigenvalue weighted by molar-refractivity contribution is 6.10. The van der Waals surface area contributed by atoms with Gasteiger partial charge in [-0.15, -0.1) is 0 Å². The molecular formula is C22H17N3O3. The lowest BCUT2D eigenvalue weighted by molar-refractivity contribution is -0.125. The Kier molecular flexibility index (Phi) is 4.01. The van der Waals surface area contributed by atoms with Crippen LogP contribution in [0.25, 0.3) is 17.0 Å². The zero-order valence-corrected chi connectivity index (χ0v) is 15.0. The number of oxime groups is 1. The number of nitrogens with one attached hydrogen (secondary N) is 1. The van der Waals surface area contributed by atoms with Gasteiger partial charge in [0.15, 0.2) is 0 Å². The highest BCUT2D eigenvalue weighted by Gasteiger charge is 2.31. The zero-order chi connectivity index (χ0) is 18.9. The molecule has 1 N–H and O–H groups in total. The first-order valence-corrected chi connectivity index (χ1v) is 9.08. The standard InChI is InChI=1S/C22H17N3O3/c26-22(24-18-8-3-7-17-16(18)6-4-10-23-17)21-12-19(25-28-21)15-11-14-5-1-2-9-20(14)27-13-15/h1-11,21H,12-13H2,(H,24,26)/t21-/m1/s1. The summed E-state index contributed by atoms with van der Waals surface area (Å²) in [6.45, 7) is 0.419. The number of benzene rings is 2. The van der Waals surface area contributed by atoms with E-state index in [1.807, 2.05) is 60.7 Å². The number of hydrogen-bond acceptors (Lipinski definition) is 5. The van der Waals surface area contributed by atoms with E-state index < -0.39 is 6.10 Å². The Labute approximate surface area is 161 Å². The number of ether oxygens (including phenoxy) is 1. The number of nitrogens with zero attached hydrogens (tertiary/aromatic N) is 2. The van der Waals surface area contributed by atoms with Gasteiger partial charge in [0.25, 0.3) is 5.91 Å². The van der Waals surface area contributed by atoms with E-state index in [4.69, 9.17) is 9.57 Å². The number of amides is 1. The van der Waals surface area contributed by atoms with Crippen molar-refractivity contribution in [2.45, 2.75) is 12.5 Å². The average molecular weight is 371 g/mol. The smallest absolute Gasteiger partial charge is 0.268 e. The van der Waals surface area contributed by atoms with Gasteiger partial charge in [0, 0.05) is 29.1 Å². The maximum atomic E-state index is 12.7. The molecule has 0 radical (unpaired) electrons. The first kappa shape index (κ1) is 16.5. The summed E-state index contributed by atoms with van der Waals surface area (Å²) in [5.41, 5.74) is 4.22. The number of pyridine rings is 1. The Balaban J connectivity index is 1.31. The van der Waals surface area contributed by atoms with Crippen molar-refractivity contribution in [2.24, 2.45) is 5.16 Å². The largest absolute Gasteiger partial charge is 0.488 e. The summed E-state index contributed by atoms with van der Waals surface area (Å²) in [5, 5.41) is 7.96. The van der Waals surface area contributed by atoms with Crippen LogP contribution in [0.4, 0.5) is 5.69 Å². The van der Waals surface area contributed by atoms with Crippen molar-refractivity contribution >= 4 is 34.3 Å². The van der Waals surface area contributed by atoms with Crippen molar-refractivity contribution in [1.29, 1.82) is 0 Å². The lowest BCUT2D eigenvalue weighted by Gasteiger charge is -2.17. The van der Waals surface area contributed by atoms with Gasteiger partial charge in [-0.25, -0.2) is 0 Å². The predicted molar refractivity (Wildman–Crippen MR) is 107 cm³/mol. The summed E-state index contributed by atoms with van der Waals surface area (Å²) in [7, 11) is 0. The van der Waals surface area contributed by atoms with Gasteiger partial charge in [0.05, 0.1) is 16.9 Å². The van der Waals surface area contributed by atoms with Gasteiger partial charge in [-0.2, -0.15) is 0 Å². The van der Waals surface area contributed by atoms with Gasteiger partial charge in [-0.1, -0.05) is 29.4 Å². The molecule has 0 spiro atoms. The van der Waals surface area contributed by atoms with E-state index in [9.17, 15) is 4.79 Å². The molecule has 3 aromatic rings. The summed E-state index contributed by atoms with van der Waals surface area (Å²) >= 11 is 0. The number of anilines is 1. The molecule has 6 heteroatoms. The number of fused-ring (bicyclic) bond motifs is 2. The van der Waals surface area contributed by atoms with Crippen LogP contribution in [0, 0.1) is 0 Å². The topological polar surface area (TPSA) is 72.8 Å². The molecule has 2 aromatic carbocycles. The lowest BCUT2D eigenvalue weighted by Crippen LogP contribution is -2.28. The Morgan fingerprint density at radius 1 is 1.07 bits per heavy atom. The van der Waals surface area contributed by atoms with Gasteiger partial charge < -0.3 is 14.9 Å². The Bertz CT molecular complexity index is 1130. The summed E-state index contributed by atoms with van der Waals surface area (Å²) in [5.74, 6) is 0.623. The molecule has 0 fully saturated rings. The summed E-state index contributed by atoms with van der Waals surface area (Å²) in [6, 6.07) is 17.2. The minimum atomic E-state index is -0.667. The van der Waals surface area contributed by atoms with E-state index in [1.54, 1.807) is 6.20 Å². The van der Waals surface area contributed by atoms with E-state index in [0.29, 0.717) is 18.7 Å². The molecule has 1 atom stereocenters. The van der Waals surface area contributed by atoms with E-state index in [1.165, 1.54) is 0 Å². The normalized spacial score (nSPS) is 17.8. The maximum Gasteiger partial charge on any atom is 0.268 e. The minimum absolute atomic E-state index is 0.229. The number of hydrogen-bond donors (Lipinski definition) is 1. The molecule has 2 aliphatic heterocycles. The van der Waals surface area contributed by atoms with Crippen LogP contribution in [0.1, 0.15) is 12.0 Å². The van der Waals surface area contributed by atoms with Crippen LogP contribution in [0.3, 0.4) is 0 Å². The van der Waals surface area contributed by atoms with E-state index in [2.05, 4.69) is 15.5 Å². The highest BCUT2D eigenvalue weighted by Crippen LogP contribution is 2.29. The van der Waals surface area contributed by atoms with Crippen molar-refractivity contribution in [3.05, 3.63) is 71.9 Å². The van der Waals surface area contributed by atoms with Crippen molar-refractivity contribution < 1.29 is 14.4 Å². The summed E-state index contributed by atoms with van der Waals surface area (Å²) in [6.07, 6.45) is 3.51. The third-order valence-corrected chi connectivity index (χ3v) is 4.87. The van der Waals surface area contributed by atoms with Crippen LogP contribution in [-0.2, 0) is 9.63 Å². The van der Waals surface area contributed by atoms with Gasteiger partial charge >= 0.3 is 0 Å². The molecule has 28 heavy (non-hydrogen) atoms. The molecule has 0 bridgehead atoms. The van der Waals surface area contributed by atoms with Crippen LogP contribution in [0.15, 0.2) is 71.5 Å². The van der Waals surface area contributed by atoms with Crippen LogP contribution < -0.4 is 10.1 Å². The molecule has 5 rings (SSSR count). The van der Waals surface area contributed by atoms with Gasteiger partial charge in [-0.3, -0.25) is 9.78 Å². The fourth-order valence-corrected chi connectivity index (χ4v) is 3.42. The molecule has 6 nitrogen and oxygen atoms in total. The second-order valence-electron chi connectivity index (χ2n) is 6.70. The SMILES string of the molecule is O=C(Nc1cccc2ncccc12)[C@H]1CC(C2=Cc3ccccc3OC2)=NO1. The van der Waals surface area contributed by atoms with Crippen LogP contribution in [0.5, 0.6) is 5.75 Å². The van der Waals surface area contributed by atoms with Crippen LogP contribution in [-0.4, -0.2) is 29.3 Å². The summed E-state index contributed by atoms with van der Waals surface area (Å²) in [4.78, 5) is 22.4. The van der Waals surface area contributed by atoms with Gasteiger partial charge in [0.1, 0.15) is 12.4 Å². The van der Waals surface area contributed by atoms with Gasteiger partial charge in [-0.05, 0) is 36.4 Å². The first-order valence-electron chi connectivity index (χ1n) is 9.08. The molecule has 0 aliphatic carbocycles. The van der Waals surface area contributed by atoms with Crippen molar-refractivity contribution in [3.8, 4) is 5.75 Å². The van der Waals surface area contributed by atoms with Gasteiger partial charge in [0.2, 0.25) is 6.10 Å². The predicted octanol–water partition coefficient (Wildman–Crippen LogP) is 3.79. The summed E-state index contributed by atoms with van der Waals surface area (Å²) < 4.78 is 5.78. The Hall–Kier alpha value is -3.67. The molecule has 2 aliphatic rings. The molecule has 0 saturated heterocycles. The Morgan fingerprint density at radius 2 is 2.00 bits per heavy atom. The highest BCUT2D eigenvalue weighted by atomic mass is 16.6. The van der Waals surface area contributed by atoms with Crippen molar-refractivity contribution in [3.63, 3.8) is 0 Å². The molecule has 0 saturated carbocycles. The average Bonchev–Trinajstić information content (AvgIpc) is 3.24. The fraction of sp³-hybridized carbons (Fsp3) is 0.136. The third-order valence-electron chi connectivity index (χ3n) is 4.87. The first-order chi connectivity index (χ1) is 13.8. The molecule has 3 heterocycles. The number of carbonyl (C=O) groups excluding carboxylic acids is 1. The molecule has 138 valence electrons. The molecule has 1 amide bonds. The van der Waals surface area contributed by atoms with E-state index >= 15 is 0 Å². The number of para-hydroxylation sites is 1. The van der Waals surface area contributed by atoms with Crippen molar-refractivity contribution in [1.82, 2.24) is 4.98 Å². The maximum absolute atomic E-state index is 12.7. The van der Waals surface area contributed by atoms with Crippen molar-refractivity contribution in [2.75, 3.05) is 11.9 Å². The molecule has 1 aromatic heterocycles. The monoisotopic (exact) mass is 371 g/mol. The van der Waals surface area contributed by atoms with Crippen LogP contribution in [0.2, 0.25) is 0 Å². The second kappa shape index (κ2) is 6.81. The minimum Gasteiger partial charge on any atom is -0.488 e. The second-order valence-corrected chi connectivity index (χ2v) is 6.70. The van der Waals surface area contributed by atoms with E-state index in [-0.39, 0.29) is 5.91 Å². The molecule has 0 unspecified atom stereocenters. The number of rotatable bonds is 3. The lowest BCUT2D eigenvalue weighted by atomic mass is 10.0.